The second kappa shape index (κ2) is 5.40. The lowest BCUT2D eigenvalue weighted by Gasteiger charge is -2.35. The summed E-state index contributed by atoms with van der Waals surface area (Å²) in [6, 6.07) is 8.46. The van der Waals surface area contributed by atoms with Gasteiger partial charge >= 0.3 is 5.97 Å². The van der Waals surface area contributed by atoms with Crippen molar-refractivity contribution in [3.05, 3.63) is 33.4 Å². The first-order valence-electron chi connectivity index (χ1n) is 6.68. The standard InChI is InChI=1S/C15H17IO3/c1-18-15(17)14-12(8-11-6-7-13(14)19-11)9-2-4-10(16)5-3-9/h2-5,11-14H,6-8H2,1H3/t11-,12+,13+,14-/m0/s1. The van der Waals surface area contributed by atoms with Crippen LogP contribution in [0.25, 0.3) is 0 Å². The summed E-state index contributed by atoms with van der Waals surface area (Å²) in [5.74, 6) is -0.0478. The molecule has 4 atom stereocenters. The maximum atomic E-state index is 12.1. The Morgan fingerprint density at radius 1 is 1.32 bits per heavy atom. The van der Waals surface area contributed by atoms with Crippen LogP contribution in [0.4, 0.5) is 0 Å². The second-order valence-electron chi connectivity index (χ2n) is 5.32. The van der Waals surface area contributed by atoms with Gasteiger partial charge in [-0.3, -0.25) is 4.79 Å². The van der Waals surface area contributed by atoms with E-state index in [1.807, 2.05) is 0 Å². The zero-order valence-corrected chi connectivity index (χ0v) is 13.0. The Balaban J connectivity index is 1.92. The molecule has 0 radical (unpaired) electrons. The Bertz CT molecular complexity index is 471. The second-order valence-corrected chi connectivity index (χ2v) is 6.56. The Labute approximate surface area is 126 Å². The lowest BCUT2D eigenvalue weighted by atomic mass is 9.79. The van der Waals surface area contributed by atoms with Gasteiger partial charge in [0, 0.05) is 9.49 Å². The summed E-state index contributed by atoms with van der Waals surface area (Å²) in [4.78, 5) is 12.1. The molecule has 0 saturated carbocycles. The van der Waals surface area contributed by atoms with Crippen LogP contribution in [0.15, 0.2) is 24.3 Å². The molecule has 2 fully saturated rings. The number of esters is 1. The SMILES string of the molecule is COC(=O)[C@H]1[C@@H](c2ccc(I)cc2)C[C@@H]2CC[C@H]1O2. The Morgan fingerprint density at radius 2 is 2.05 bits per heavy atom. The summed E-state index contributed by atoms with van der Waals surface area (Å²) in [6.07, 6.45) is 3.33. The molecule has 0 aromatic heterocycles. The highest BCUT2D eigenvalue weighted by atomic mass is 127. The van der Waals surface area contributed by atoms with Crippen molar-refractivity contribution in [2.75, 3.05) is 7.11 Å². The maximum Gasteiger partial charge on any atom is 0.311 e. The Morgan fingerprint density at radius 3 is 2.74 bits per heavy atom. The van der Waals surface area contributed by atoms with Crippen LogP contribution < -0.4 is 0 Å². The molecule has 2 bridgehead atoms. The van der Waals surface area contributed by atoms with Crippen LogP contribution in [0.5, 0.6) is 0 Å². The van der Waals surface area contributed by atoms with Crippen LogP contribution >= 0.6 is 22.6 Å². The van der Waals surface area contributed by atoms with Crippen LogP contribution in [0.3, 0.4) is 0 Å². The highest BCUT2D eigenvalue weighted by Crippen LogP contribution is 2.45. The molecule has 0 aliphatic carbocycles. The van der Waals surface area contributed by atoms with Gasteiger partial charge in [0.05, 0.1) is 25.2 Å². The van der Waals surface area contributed by atoms with Gasteiger partial charge in [-0.2, -0.15) is 0 Å². The minimum atomic E-state index is -0.149. The van der Waals surface area contributed by atoms with E-state index in [-0.39, 0.29) is 23.9 Å². The van der Waals surface area contributed by atoms with E-state index in [2.05, 4.69) is 46.9 Å². The predicted octanol–water partition coefficient (Wildman–Crippen LogP) is 3.12. The molecule has 1 aromatic rings. The predicted molar refractivity (Wildman–Crippen MR) is 79.9 cm³/mol. The summed E-state index contributed by atoms with van der Waals surface area (Å²) < 4.78 is 12.1. The molecule has 4 heteroatoms. The van der Waals surface area contributed by atoms with Crippen molar-refractivity contribution in [3.63, 3.8) is 0 Å². The molecule has 0 spiro atoms. The van der Waals surface area contributed by atoms with Crippen molar-refractivity contribution in [3.8, 4) is 0 Å². The number of ether oxygens (including phenoxy) is 2. The average Bonchev–Trinajstić information content (AvgIpc) is 2.80. The number of methoxy groups -OCH3 is 1. The number of fused-ring (bicyclic) bond motifs is 2. The number of carbonyl (C=O) groups is 1. The molecule has 3 rings (SSSR count). The summed E-state index contributed by atoms with van der Waals surface area (Å²) in [5.41, 5.74) is 1.23. The monoisotopic (exact) mass is 372 g/mol. The molecule has 2 aliphatic heterocycles. The molecule has 2 saturated heterocycles. The normalized spacial score (nSPS) is 33.2. The number of benzene rings is 1. The number of hydrogen-bond acceptors (Lipinski definition) is 3. The van der Waals surface area contributed by atoms with Crippen molar-refractivity contribution in [1.29, 1.82) is 0 Å². The highest BCUT2D eigenvalue weighted by molar-refractivity contribution is 14.1. The molecule has 3 nitrogen and oxygen atoms in total. The van der Waals surface area contributed by atoms with Crippen molar-refractivity contribution in [2.24, 2.45) is 5.92 Å². The van der Waals surface area contributed by atoms with Gasteiger partial charge in [-0.15, -0.1) is 0 Å². The van der Waals surface area contributed by atoms with Crippen molar-refractivity contribution in [2.45, 2.75) is 37.4 Å². The van der Waals surface area contributed by atoms with Gasteiger partial charge in [0.1, 0.15) is 0 Å². The van der Waals surface area contributed by atoms with E-state index in [0.29, 0.717) is 6.10 Å². The van der Waals surface area contributed by atoms with Gasteiger partial charge in [-0.1, -0.05) is 12.1 Å². The van der Waals surface area contributed by atoms with Crippen LogP contribution in [-0.2, 0) is 14.3 Å². The molecule has 19 heavy (non-hydrogen) atoms. The fourth-order valence-electron chi connectivity index (χ4n) is 3.37. The molecule has 0 unspecified atom stereocenters. The molecular formula is C15H17IO3. The molecule has 0 N–H and O–H groups in total. The Hall–Kier alpha value is -0.620. The lowest BCUT2D eigenvalue weighted by Crippen LogP contribution is -2.39. The smallest absolute Gasteiger partial charge is 0.311 e. The van der Waals surface area contributed by atoms with Crippen molar-refractivity contribution in [1.82, 2.24) is 0 Å². The lowest BCUT2D eigenvalue weighted by molar-refractivity contribution is -0.156. The fraction of sp³-hybridized carbons (Fsp3) is 0.533. The molecule has 102 valence electrons. The number of rotatable bonds is 2. The van der Waals surface area contributed by atoms with E-state index in [1.54, 1.807) is 0 Å². The minimum absolute atomic E-state index is 0.0375. The fourth-order valence-corrected chi connectivity index (χ4v) is 3.73. The van der Waals surface area contributed by atoms with Gasteiger partial charge in [0.25, 0.3) is 0 Å². The summed E-state index contributed by atoms with van der Waals surface area (Å²) in [6.45, 7) is 0. The maximum absolute atomic E-state index is 12.1. The van der Waals surface area contributed by atoms with E-state index in [4.69, 9.17) is 9.47 Å². The zero-order chi connectivity index (χ0) is 13.4. The average molecular weight is 372 g/mol. The van der Waals surface area contributed by atoms with E-state index in [9.17, 15) is 4.79 Å². The summed E-state index contributed by atoms with van der Waals surface area (Å²) in [5, 5.41) is 0. The summed E-state index contributed by atoms with van der Waals surface area (Å²) in [7, 11) is 1.47. The van der Waals surface area contributed by atoms with E-state index >= 15 is 0 Å². The molecular weight excluding hydrogens is 355 g/mol. The molecule has 2 heterocycles. The minimum Gasteiger partial charge on any atom is -0.469 e. The topological polar surface area (TPSA) is 35.5 Å². The van der Waals surface area contributed by atoms with Crippen LogP contribution in [-0.4, -0.2) is 25.3 Å². The van der Waals surface area contributed by atoms with Crippen LogP contribution in [0, 0.1) is 9.49 Å². The Kier molecular flexibility index (Phi) is 3.80. The molecule has 1 aromatic carbocycles. The first-order chi connectivity index (χ1) is 9.19. The van der Waals surface area contributed by atoms with E-state index < -0.39 is 0 Å². The van der Waals surface area contributed by atoms with Gasteiger partial charge in [-0.05, 0) is 59.5 Å². The third kappa shape index (κ3) is 2.52. The molecule has 2 aliphatic rings. The van der Waals surface area contributed by atoms with Crippen molar-refractivity contribution >= 4 is 28.6 Å². The zero-order valence-electron chi connectivity index (χ0n) is 10.8. The first kappa shape index (κ1) is 13.4. The van der Waals surface area contributed by atoms with Crippen LogP contribution in [0.1, 0.15) is 30.7 Å². The van der Waals surface area contributed by atoms with E-state index in [0.717, 1.165) is 19.3 Å². The third-order valence-corrected chi connectivity index (χ3v) is 4.98. The molecule has 0 amide bonds. The number of hydrogen-bond donors (Lipinski definition) is 0. The van der Waals surface area contributed by atoms with Gasteiger partial charge in [-0.25, -0.2) is 0 Å². The quantitative estimate of drug-likeness (QED) is 0.591. The number of halogens is 1. The highest BCUT2D eigenvalue weighted by Gasteiger charge is 2.47. The van der Waals surface area contributed by atoms with Gasteiger partial charge in [0.15, 0.2) is 0 Å². The van der Waals surface area contributed by atoms with Gasteiger partial charge < -0.3 is 9.47 Å². The van der Waals surface area contributed by atoms with Gasteiger partial charge in [0.2, 0.25) is 0 Å². The van der Waals surface area contributed by atoms with E-state index in [1.165, 1.54) is 16.2 Å². The number of carbonyl (C=O) groups excluding carboxylic acids is 1. The summed E-state index contributed by atoms with van der Waals surface area (Å²) >= 11 is 2.30. The van der Waals surface area contributed by atoms with Crippen LogP contribution in [0.2, 0.25) is 0 Å². The first-order valence-corrected chi connectivity index (χ1v) is 7.75. The van der Waals surface area contributed by atoms with Crippen molar-refractivity contribution < 1.29 is 14.3 Å². The largest absolute Gasteiger partial charge is 0.469 e. The third-order valence-electron chi connectivity index (χ3n) is 4.26.